The highest BCUT2D eigenvalue weighted by molar-refractivity contribution is 7.87. The molecule has 4 aromatic rings. The number of carbonyl (C=O) groups is 1. The van der Waals surface area contributed by atoms with Crippen LogP contribution in [0.3, 0.4) is 0 Å². The molecule has 0 aliphatic carbocycles. The fourth-order valence-corrected chi connectivity index (χ4v) is 4.79. The first-order valence-electron chi connectivity index (χ1n) is 12.3. The molecule has 0 saturated carbocycles. The zero-order valence-corrected chi connectivity index (χ0v) is 22.5. The Morgan fingerprint density at radius 3 is 2.25 bits per heavy atom. The average Bonchev–Trinajstić information content (AvgIpc) is 3.42. The van der Waals surface area contributed by atoms with E-state index in [-0.39, 0.29) is 24.9 Å². The van der Waals surface area contributed by atoms with Crippen LogP contribution in [0, 0.1) is 0 Å². The van der Waals surface area contributed by atoms with Gasteiger partial charge in [0.05, 0.1) is 18.4 Å². The number of rotatable bonds is 9. The van der Waals surface area contributed by atoms with Crippen molar-refractivity contribution >= 4 is 21.8 Å². The number of nitrogens with zero attached hydrogens (tertiary/aromatic N) is 1. The Hall–Kier alpha value is -4.25. The summed E-state index contributed by atoms with van der Waals surface area (Å²) in [4.78, 5) is 14.1. The number of halogens is 3. The van der Waals surface area contributed by atoms with Crippen LogP contribution in [-0.4, -0.2) is 19.3 Å². The smallest absolute Gasteiger partial charge is 0.416 e. The van der Waals surface area contributed by atoms with E-state index in [0.717, 1.165) is 23.8 Å². The SMILES string of the molecule is CC(C)c1ccc(NC(=O)N(Cc2ccc(OS(=O)(=O)c3cccc(C(F)(F)F)c3)cc2)Cc2ccco2)cc1. The summed E-state index contributed by atoms with van der Waals surface area (Å²) in [6.45, 7) is 4.48. The molecule has 2 amide bonds. The van der Waals surface area contributed by atoms with Crippen LogP contribution in [0.2, 0.25) is 0 Å². The lowest BCUT2D eigenvalue weighted by molar-refractivity contribution is -0.137. The molecule has 4 rings (SSSR count). The van der Waals surface area contributed by atoms with Crippen molar-refractivity contribution in [1.82, 2.24) is 4.90 Å². The first-order valence-corrected chi connectivity index (χ1v) is 13.7. The Morgan fingerprint density at radius 2 is 1.65 bits per heavy atom. The minimum absolute atomic E-state index is 0.0894. The second-order valence-corrected chi connectivity index (χ2v) is 10.9. The number of hydrogen-bond acceptors (Lipinski definition) is 5. The number of nitrogens with one attached hydrogen (secondary N) is 1. The average molecular weight is 573 g/mol. The Bertz CT molecular complexity index is 1530. The third-order valence-electron chi connectivity index (χ3n) is 6.00. The molecule has 0 aliphatic rings. The van der Waals surface area contributed by atoms with Gasteiger partial charge in [0.1, 0.15) is 16.4 Å². The summed E-state index contributed by atoms with van der Waals surface area (Å²) in [6.07, 6.45) is -3.19. The van der Waals surface area contributed by atoms with Crippen LogP contribution >= 0.6 is 0 Å². The van der Waals surface area contributed by atoms with Gasteiger partial charge in [-0.25, -0.2) is 4.79 Å². The van der Waals surface area contributed by atoms with Gasteiger partial charge >= 0.3 is 22.3 Å². The predicted molar refractivity (Wildman–Crippen MR) is 143 cm³/mol. The summed E-state index contributed by atoms with van der Waals surface area (Å²) in [7, 11) is -4.51. The number of alkyl halides is 3. The summed E-state index contributed by atoms with van der Waals surface area (Å²) in [5, 5.41) is 2.88. The van der Waals surface area contributed by atoms with Crippen LogP contribution in [0.5, 0.6) is 5.75 Å². The number of furan rings is 1. The normalized spacial score (nSPS) is 11.8. The highest BCUT2D eigenvalue weighted by atomic mass is 32.2. The van der Waals surface area contributed by atoms with Gasteiger partial charge < -0.3 is 18.8 Å². The maximum absolute atomic E-state index is 13.2. The standard InChI is InChI=1S/C29H27F3N2O5S/c1-20(2)22-10-12-24(13-11-22)33-28(35)34(19-26-6-4-16-38-26)18-21-8-14-25(15-9-21)39-40(36,37)27-7-3-5-23(17-27)29(30,31)32/h3-17,20H,18-19H2,1-2H3,(H,33,35). The lowest BCUT2D eigenvalue weighted by Crippen LogP contribution is -2.34. The lowest BCUT2D eigenvalue weighted by Gasteiger charge is -2.22. The van der Waals surface area contributed by atoms with Crippen molar-refractivity contribution in [3.05, 3.63) is 114 Å². The van der Waals surface area contributed by atoms with Crippen LogP contribution in [0.15, 0.2) is 101 Å². The first-order chi connectivity index (χ1) is 18.9. The maximum atomic E-state index is 13.2. The van der Waals surface area contributed by atoms with E-state index in [0.29, 0.717) is 29.0 Å². The van der Waals surface area contributed by atoms with E-state index in [1.165, 1.54) is 23.3 Å². The molecule has 0 spiro atoms. The van der Waals surface area contributed by atoms with Crippen molar-refractivity contribution < 1.29 is 35.0 Å². The molecule has 0 radical (unpaired) electrons. The molecule has 0 bridgehead atoms. The van der Waals surface area contributed by atoms with Crippen LogP contribution in [0.25, 0.3) is 0 Å². The Labute approximate surface area is 230 Å². The van der Waals surface area contributed by atoms with Gasteiger partial charge in [-0.3, -0.25) is 0 Å². The number of urea groups is 1. The van der Waals surface area contributed by atoms with Gasteiger partial charge in [-0.1, -0.05) is 44.2 Å². The van der Waals surface area contributed by atoms with Crippen molar-refractivity contribution in [2.24, 2.45) is 0 Å². The minimum atomic E-state index is -4.70. The molecule has 0 fully saturated rings. The number of anilines is 1. The fraction of sp³-hybridized carbons (Fsp3) is 0.207. The van der Waals surface area contributed by atoms with Gasteiger partial charge in [0.25, 0.3) is 0 Å². The lowest BCUT2D eigenvalue weighted by atomic mass is 10.0. The second-order valence-electron chi connectivity index (χ2n) is 9.35. The molecule has 7 nitrogen and oxygen atoms in total. The van der Waals surface area contributed by atoms with Crippen LogP contribution in [-0.2, 0) is 29.4 Å². The Balaban J connectivity index is 1.47. The predicted octanol–water partition coefficient (Wildman–Crippen LogP) is 7.42. The van der Waals surface area contributed by atoms with E-state index in [2.05, 4.69) is 19.2 Å². The van der Waals surface area contributed by atoms with Gasteiger partial charge in [-0.05, 0) is 71.6 Å². The molecular weight excluding hydrogens is 545 g/mol. The topological polar surface area (TPSA) is 88.9 Å². The van der Waals surface area contributed by atoms with Crippen molar-refractivity contribution in [1.29, 1.82) is 0 Å². The van der Waals surface area contributed by atoms with Gasteiger partial charge in [-0.15, -0.1) is 0 Å². The summed E-state index contributed by atoms with van der Waals surface area (Å²) in [5.41, 5.74) is 1.32. The van der Waals surface area contributed by atoms with E-state index >= 15 is 0 Å². The van der Waals surface area contributed by atoms with Crippen LogP contribution in [0.4, 0.5) is 23.7 Å². The van der Waals surface area contributed by atoms with E-state index in [1.807, 2.05) is 24.3 Å². The molecule has 0 saturated heterocycles. The third kappa shape index (κ3) is 7.44. The zero-order chi connectivity index (χ0) is 28.9. The van der Waals surface area contributed by atoms with Gasteiger partial charge in [0.15, 0.2) is 0 Å². The molecule has 0 aliphatic heterocycles. The number of benzene rings is 3. The second kappa shape index (κ2) is 11.9. The summed E-state index contributed by atoms with van der Waals surface area (Å²) in [5.74, 6) is 0.832. The molecule has 0 unspecified atom stereocenters. The van der Waals surface area contributed by atoms with E-state index in [9.17, 15) is 26.4 Å². The van der Waals surface area contributed by atoms with Crippen LogP contribution in [0.1, 0.15) is 42.2 Å². The van der Waals surface area contributed by atoms with Gasteiger partial charge in [0.2, 0.25) is 0 Å². The Kier molecular flexibility index (Phi) is 8.53. The molecule has 40 heavy (non-hydrogen) atoms. The quantitative estimate of drug-likeness (QED) is 0.211. The molecule has 1 aromatic heterocycles. The number of hydrogen-bond donors (Lipinski definition) is 1. The van der Waals surface area contributed by atoms with Crippen molar-refractivity contribution in [2.45, 2.75) is 43.9 Å². The van der Waals surface area contributed by atoms with Crippen molar-refractivity contribution in [3.8, 4) is 5.75 Å². The number of carbonyl (C=O) groups excluding carboxylic acids is 1. The largest absolute Gasteiger partial charge is 0.467 e. The van der Waals surface area contributed by atoms with E-state index in [1.54, 1.807) is 24.3 Å². The molecule has 210 valence electrons. The van der Waals surface area contributed by atoms with Crippen LogP contribution < -0.4 is 9.50 Å². The molecule has 0 atom stereocenters. The third-order valence-corrected chi connectivity index (χ3v) is 7.24. The van der Waals surface area contributed by atoms with Gasteiger partial charge in [0, 0.05) is 12.2 Å². The summed E-state index contributed by atoms with van der Waals surface area (Å²) < 4.78 is 74.6. The molecular formula is C29H27F3N2O5S. The highest BCUT2D eigenvalue weighted by Gasteiger charge is 2.32. The van der Waals surface area contributed by atoms with E-state index in [4.69, 9.17) is 8.60 Å². The minimum Gasteiger partial charge on any atom is -0.467 e. The molecule has 3 aromatic carbocycles. The van der Waals surface area contributed by atoms with E-state index < -0.39 is 26.8 Å². The number of amides is 2. The highest BCUT2D eigenvalue weighted by Crippen LogP contribution is 2.31. The Morgan fingerprint density at radius 1 is 0.950 bits per heavy atom. The first kappa shape index (κ1) is 28.8. The molecule has 11 heteroatoms. The molecule has 1 heterocycles. The van der Waals surface area contributed by atoms with Crippen molar-refractivity contribution in [3.63, 3.8) is 0 Å². The van der Waals surface area contributed by atoms with Gasteiger partial charge in [-0.2, -0.15) is 21.6 Å². The summed E-state index contributed by atoms with van der Waals surface area (Å²) in [6, 6.07) is 19.8. The van der Waals surface area contributed by atoms with Crippen molar-refractivity contribution in [2.75, 3.05) is 5.32 Å². The maximum Gasteiger partial charge on any atom is 0.416 e. The summed E-state index contributed by atoms with van der Waals surface area (Å²) >= 11 is 0. The monoisotopic (exact) mass is 572 g/mol. The fourth-order valence-electron chi connectivity index (χ4n) is 3.82. The molecule has 1 N–H and O–H groups in total. The zero-order valence-electron chi connectivity index (χ0n) is 21.7.